The molecule has 0 spiro atoms. The number of ether oxygens (including phenoxy) is 2. The predicted octanol–water partition coefficient (Wildman–Crippen LogP) is 1.85. The van der Waals surface area contributed by atoms with Crippen molar-refractivity contribution in [3.8, 4) is 22.9 Å². The lowest BCUT2D eigenvalue weighted by atomic mass is 9.49. The van der Waals surface area contributed by atoms with Crippen LogP contribution in [0.1, 0.15) is 27.8 Å². The van der Waals surface area contributed by atoms with Crippen LogP contribution in [0.3, 0.4) is 0 Å². The van der Waals surface area contributed by atoms with Crippen molar-refractivity contribution in [1.29, 1.82) is 0 Å². The van der Waals surface area contributed by atoms with Crippen LogP contribution in [0, 0.1) is 5.82 Å². The normalized spacial score (nSPS) is 11.0. The average molecular weight is 593 g/mol. The number of carbonyl (C=O) groups excluding carboxylic acids is 2. The van der Waals surface area contributed by atoms with Crippen molar-refractivity contribution >= 4 is 58.4 Å². The number of hydrogen-bond donors (Lipinski definition) is 3. The number of rotatable bonds is 11. The van der Waals surface area contributed by atoms with Crippen LogP contribution in [-0.4, -0.2) is 98.3 Å². The van der Waals surface area contributed by atoms with Gasteiger partial charge in [0.15, 0.2) is 11.6 Å². The number of anilines is 4. The van der Waals surface area contributed by atoms with Crippen molar-refractivity contribution < 1.29 is 23.5 Å². The van der Waals surface area contributed by atoms with E-state index in [1.807, 2.05) is 6.92 Å². The molecule has 0 unspecified atom stereocenters. The van der Waals surface area contributed by atoms with Crippen molar-refractivity contribution in [3.05, 3.63) is 59.7 Å². The van der Waals surface area contributed by atoms with Crippen LogP contribution in [0.5, 0.6) is 11.6 Å². The molecule has 3 aromatic heterocycles. The number of carbonyl (C=O) groups is 2. The quantitative estimate of drug-likeness (QED) is 0.220. The van der Waals surface area contributed by atoms with Gasteiger partial charge in [-0.25, -0.2) is 9.37 Å². The van der Waals surface area contributed by atoms with Gasteiger partial charge >= 0.3 is 0 Å². The van der Waals surface area contributed by atoms with Gasteiger partial charge < -0.3 is 30.3 Å². The van der Waals surface area contributed by atoms with Crippen LogP contribution in [0.25, 0.3) is 11.3 Å². The number of nitrogens with zero attached hydrogens (tertiary/aromatic N) is 6. The fraction of sp³-hybridized carbons (Fsp3) is 0.259. The molecule has 17 heteroatoms. The van der Waals surface area contributed by atoms with Gasteiger partial charge in [-0.3, -0.25) is 14.3 Å². The minimum Gasteiger partial charge on any atom is -0.494 e. The Hall–Kier alpha value is -5.08. The number of benzene rings is 1. The fourth-order valence-electron chi connectivity index (χ4n) is 4.08. The Balaban J connectivity index is 1.77. The second-order valence-corrected chi connectivity index (χ2v) is 9.71. The van der Waals surface area contributed by atoms with E-state index in [1.54, 1.807) is 33.3 Å². The summed E-state index contributed by atoms with van der Waals surface area (Å²) in [7, 11) is 23.0. The number of amides is 2. The first-order chi connectivity index (χ1) is 20.8. The summed E-state index contributed by atoms with van der Waals surface area (Å²) in [6.45, 7) is 2.25. The van der Waals surface area contributed by atoms with E-state index in [-0.39, 0.29) is 51.4 Å². The summed E-state index contributed by atoms with van der Waals surface area (Å²) < 4.78 is 27.4. The number of halogens is 1. The van der Waals surface area contributed by atoms with Gasteiger partial charge in [0, 0.05) is 51.1 Å². The first kappa shape index (κ1) is 31.9. The molecule has 0 aliphatic rings. The number of aromatic nitrogens is 5. The molecule has 220 valence electrons. The summed E-state index contributed by atoms with van der Waals surface area (Å²) in [5.41, 5.74) is 1.03. The smallest absolute Gasteiger partial charge is 0.271 e. The molecule has 3 N–H and O–H groups in total. The maximum Gasteiger partial charge on any atom is 0.271 e. The molecule has 0 bridgehead atoms. The van der Waals surface area contributed by atoms with Crippen molar-refractivity contribution in [2.75, 3.05) is 38.4 Å². The van der Waals surface area contributed by atoms with Gasteiger partial charge in [0.2, 0.25) is 5.88 Å². The first-order valence-corrected chi connectivity index (χ1v) is 13.1. The van der Waals surface area contributed by atoms with Crippen LogP contribution in [-0.2, 0) is 7.05 Å². The zero-order valence-corrected chi connectivity index (χ0v) is 24.7. The molecule has 6 radical (unpaired) electrons. The Labute approximate surface area is 257 Å². The molecule has 4 rings (SSSR count). The standard InChI is InChI=1S/C27H27B3FN9O4/c1-6-44-23-8-7-21(36-37-23)34-22-12-17(16(13-32-22)25(41)35-27(28,29)30)33-19-10-14(31)9-15(24(19)43-5)18-11-20(40(4)38-18)26(42)39(2)3/h7-13H,6H2,1-5H3,(H,35,41)(H2,32,33,34,36). The SMILES string of the molecule is [B]C([B])([B])NC(=O)c1cnc(Nc2ccc(OCC)nn2)cc1Nc1cc(F)cc(-c2cc(C(=O)N(C)C)n(C)n2)c1OC. The summed E-state index contributed by atoms with van der Waals surface area (Å²) in [5.74, 6) is -0.620. The second-order valence-electron chi connectivity index (χ2n) is 9.71. The van der Waals surface area contributed by atoms with Crippen LogP contribution in [0.2, 0.25) is 0 Å². The lowest BCUT2D eigenvalue weighted by Crippen LogP contribution is -2.50. The second kappa shape index (κ2) is 13.1. The van der Waals surface area contributed by atoms with E-state index in [9.17, 15) is 9.59 Å². The molecular formula is C27H27B3FN9O4. The van der Waals surface area contributed by atoms with E-state index in [4.69, 9.17) is 33.0 Å². The Bertz CT molecular complexity index is 1680. The highest BCUT2D eigenvalue weighted by molar-refractivity contribution is 6.60. The highest BCUT2D eigenvalue weighted by Gasteiger charge is 2.23. The van der Waals surface area contributed by atoms with Gasteiger partial charge in [-0.1, -0.05) is 5.24 Å². The summed E-state index contributed by atoms with van der Waals surface area (Å²) in [5, 5.41) is 18.6. The number of hydrogen-bond acceptors (Lipinski definition) is 10. The third kappa shape index (κ3) is 7.46. The zero-order chi connectivity index (χ0) is 32.2. The van der Waals surface area contributed by atoms with Gasteiger partial charge in [-0.2, -0.15) is 5.10 Å². The van der Waals surface area contributed by atoms with Crippen LogP contribution in [0.4, 0.5) is 27.4 Å². The topological polar surface area (TPSA) is 148 Å². The third-order valence-electron chi connectivity index (χ3n) is 5.98. The van der Waals surface area contributed by atoms with Crippen molar-refractivity contribution in [2.24, 2.45) is 7.05 Å². The highest BCUT2D eigenvalue weighted by atomic mass is 19.1. The van der Waals surface area contributed by atoms with E-state index in [1.165, 1.54) is 47.2 Å². The van der Waals surface area contributed by atoms with Crippen molar-refractivity contribution in [2.45, 2.75) is 12.2 Å². The molecule has 0 fully saturated rings. The molecule has 4 aromatic rings. The zero-order valence-electron chi connectivity index (χ0n) is 24.7. The minimum atomic E-state index is -2.03. The van der Waals surface area contributed by atoms with Crippen LogP contribution < -0.4 is 25.4 Å². The Morgan fingerprint density at radius 2 is 1.80 bits per heavy atom. The van der Waals surface area contributed by atoms with Crippen molar-refractivity contribution in [3.63, 3.8) is 0 Å². The molecule has 0 atom stereocenters. The van der Waals surface area contributed by atoms with Gasteiger partial charge in [0.25, 0.3) is 11.8 Å². The number of aryl methyl sites for hydroxylation is 1. The number of nitrogens with one attached hydrogen (secondary N) is 3. The van der Waals surface area contributed by atoms with Gasteiger partial charge in [-0.15, -0.1) is 10.2 Å². The van der Waals surface area contributed by atoms with Gasteiger partial charge in [0.1, 0.15) is 17.3 Å². The van der Waals surface area contributed by atoms with E-state index in [0.29, 0.717) is 18.3 Å². The summed E-state index contributed by atoms with van der Waals surface area (Å²) in [6, 6.07) is 8.64. The molecule has 0 saturated heterocycles. The summed E-state index contributed by atoms with van der Waals surface area (Å²) in [4.78, 5) is 31.3. The predicted molar refractivity (Wildman–Crippen MR) is 165 cm³/mol. The molecular weight excluding hydrogens is 566 g/mol. The lowest BCUT2D eigenvalue weighted by Gasteiger charge is -2.23. The number of pyridine rings is 1. The maximum atomic E-state index is 15.1. The molecule has 0 aliphatic carbocycles. The molecule has 3 heterocycles. The molecule has 0 aliphatic heterocycles. The van der Waals surface area contributed by atoms with Gasteiger partial charge in [-0.05, 0) is 25.1 Å². The fourth-order valence-corrected chi connectivity index (χ4v) is 4.08. The lowest BCUT2D eigenvalue weighted by molar-refractivity contribution is 0.0816. The number of methoxy groups -OCH3 is 1. The van der Waals surface area contributed by atoms with E-state index >= 15 is 4.39 Å². The van der Waals surface area contributed by atoms with Crippen LogP contribution in [0.15, 0.2) is 42.6 Å². The summed E-state index contributed by atoms with van der Waals surface area (Å²) >= 11 is 0. The largest absolute Gasteiger partial charge is 0.494 e. The maximum absolute atomic E-state index is 15.1. The molecule has 2 amide bonds. The Morgan fingerprint density at radius 1 is 1.05 bits per heavy atom. The summed E-state index contributed by atoms with van der Waals surface area (Å²) in [6.07, 6.45) is 1.23. The Kier molecular flexibility index (Phi) is 9.45. The molecule has 0 saturated carbocycles. The first-order valence-electron chi connectivity index (χ1n) is 13.1. The minimum absolute atomic E-state index is 0.0383. The average Bonchev–Trinajstić information content (AvgIpc) is 3.34. The van der Waals surface area contributed by atoms with E-state index in [0.717, 1.165) is 0 Å². The van der Waals surface area contributed by atoms with Crippen LogP contribution >= 0.6 is 0 Å². The highest BCUT2D eigenvalue weighted by Crippen LogP contribution is 2.39. The molecule has 13 nitrogen and oxygen atoms in total. The van der Waals surface area contributed by atoms with E-state index in [2.05, 4.69) is 36.2 Å². The van der Waals surface area contributed by atoms with Crippen molar-refractivity contribution in [1.82, 2.24) is 35.2 Å². The molecule has 44 heavy (non-hydrogen) atoms. The molecule has 1 aromatic carbocycles. The monoisotopic (exact) mass is 593 g/mol. The Morgan fingerprint density at radius 3 is 2.41 bits per heavy atom. The van der Waals surface area contributed by atoms with Gasteiger partial charge in [0.05, 0.1) is 59.9 Å². The third-order valence-corrected chi connectivity index (χ3v) is 5.98. The van der Waals surface area contributed by atoms with E-state index < -0.39 is 17.0 Å².